The fraction of sp³-hybridized carbons (Fsp3) is 0.556. The van der Waals surface area contributed by atoms with Crippen LogP contribution in [-0.2, 0) is 26.2 Å². The van der Waals surface area contributed by atoms with Gasteiger partial charge in [-0.3, -0.25) is 9.59 Å². The summed E-state index contributed by atoms with van der Waals surface area (Å²) in [5.41, 5.74) is 0.557. The van der Waals surface area contributed by atoms with Gasteiger partial charge in [-0.2, -0.15) is 4.31 Å². The number of hydrogen-bond donors (Lipinski definition) is 2. The number of carboxylic acid groups (broad SMARTS) is 1. The van der Waals surface area contributed by atoms with E-state index in [1.165, 1.54) is 23.5 Å². The van der Waals surface area contributed by atoms with Crippen molar-refractivity contribution in [2.45, 2.75) is 56.1 Å². The molecule has 2 aliphatic heterocycles. The number of nitrogens with zero attached hydrogens (tertiary/aromatic N) is 1. The van der Waals surface area contributed by atoms with Crippen LogP contribution in [0.5, 0.6) is 5.75 Å². The number of benzene rings is 1. The van der Waals surface area contributed by atoms with Crippen molar-refractivity contribution in [2.75, 3.05) is 7.11 Å². The molecule has 148 valence electrons. The summed E-state index contributed by atoms with van der Waals surface area (Å²) in [6, 6.07) is 3.76. The van der Waals surface area contributed by atoms with Crippen LogP contribution in [0.1, 0.15) is 38.2 Å². The number of carboxylic acids is 1. The van der Waals surface area contributed by atoms with Gasteiger partial charge in [0.1, 0.15) is 5.75 Å². The van der Waals surface area contributed by atoms with Crippen LogP contribution in [-0.4, -0.2) is 48.9 Å². The third-order valence-electron chi connectivity index (χ3n) is 5.41. The number of fused-ring (bicyclic) bond motifs is 2. The van der Waals surface area contributed by atoms with Gasteiger partial charge in [0.15, 0.2) is 0 Å². The number of methoxy groups -OCH3 is 1. The number of hydrogen-bond acceptors (Lipinski definition) is 5. The minimum atomic E-state index is -3.83. The van der Waals surface area contributed by atoms with Crippen LogP contribution >= 0.6 is 0 Å². The number of carbonyl (C=O) groups excluding carboxylic acids is 1. The van der Waals surface area contributed by atoms with Gasteiger partial charge in [-0.05, 0) is 37.5 Å². The first-order chi connectivity index (χ1) is 12.8. The monoisotopic (exact) mass is 396 g/mol. The van der Waals surface area contributed by atoms with Crippen molar-refractivity contribution in [3.63, 3.8) is 0 Å². The Bertz CT molecular complexity index is 853. The number of aliphatic carboxylic acids is 1. The van der Waals surface area contributed by atoms with E-state index in [2.05, 4.69) is 5.32 Å². The second-order valence-electron chi connectivity index (χ2n) is 6.92. The van der Waals surface area contributed by atoms with Gasteiger partial charge in [-0.15, -0.1) is 0 Å². The van der Waals surface area contributed by atoms with Crippen molar-refractivity contribution in [3.05, 3.63) is 23.8 Å². The molecule has 3 atom stereocenters. The summed E-state index contributed by atoms with van der Waals surface area (Å²) in [7, 11) is -2.35. The molecular formula is C18H24N2O6S. The van der Waals surface area contributed by atoms with Crippen LogP contribution in [0.25, 0.3) is 0 Å². The molecule has 1 aromatic carbocycles. The largest absolute Gasteiger partial charge is 0.496 e. The zero-order valence-corrected chi connectivity index (χ0v) is 16.2. The summed E-state index contributed by atoms with van der Waals surface area (Å²) in [5.74, 6) is -1.26. The highest BCUT2D eigenvalue weighted by atomic mass is 32.2. The predicted octanol–water partition coefficient (Wildman–Crippen LogP) is 1.35. The quantitative estimate of drug-likeness (QED) is 0.719. The molecule has 0 spiro atoms. The summed E-state index contributed by atoms with van der Waals surface area (Å²) in [6.07, 6.45) is 1.93. The van der Waals surface area contributed by atoms with Crippen molar-refractivity contribution in [1.82, 2.24) is 9.62 Å². The topological polar surface area (TPSA) is 113 Å². The van der Waals surface area contributed by atoms with Crippen molar-refractivity contribution in [2.24, 2.45) is 5.92 Å². The number of nitrogens with one attached hydrogen (secondary N) is 1. The Morgan fingerprint density at radius 2 is 2.07 bits per heavy atom. The van der Waals surface area contributed by atoms with Gasteiger partial charge in [0, 0.05) is 30.6 Å². The molecule has 1 aromatic rings. The van der Waals surface area contributed by atoms with Crippen LogP contribution in [0, 0.1) is 5.92 Å². The molecule has 2 aliphatic rings. The highest BCUT2D eigenvalue weighted by Gasteiger charge is 2.54. The molecule has 2 fully saturated rings. The van der Waals surface area contributed by atoms with E-state index in [-0.39, 0.29) is 23.4 Å². The van der Waals surface area contributed by atoms with Gasteiger partial charge < -0.3 is 15.2 Å². The minimum absolute atomic E-state index is 0.0898. The van der Waals surface area contributed by atoms with Gasteiger partial charge in [-0.1, -0.05) is 6.92 Å². The van der Waals surface area contributed by atoms with Crippen LogP contribution < -0.4 is 10.1 Å². The fourth-order valence-corrected chi connectivity index (χ4v) is 6.04. The van der Waals surface area contributed by atoms with Crippen LogP contribution in [0.3, 0.4) is 0 Å². The van der Waals surface area contributed by atoms with Crippen LogP contribution in [0.4, 0.5) is 0 Å². The third kappa shape index (κ3) is 3.53. The molecule has 0 aromatic heterocycles. The summed E-state index contributed by atoms with van der Waals surface area (Å²) in [6.45, 7) is 1.89. The average Bonchev–Trinajstić information content (AvgIpc) is 3.24. The van der Waals surface area contributed by atoms with Crippen molar-refractivity contribution < 1.29 is 27.9 Å². The lowest BCUT2D eigenvalue weighted by atomic mass is 9.89. The van der Waals surface area contributed by atoms with E-state index in [4.69, 9.17) is 4.74 Å². The first-order valence-corrected chi connectivity index (χ1v) is 10.4. The maximum absolute atomic E-state index is 13.2. The summed E-state index contributed by atoms with van der Waals surface area (Å²) in [5, 5.41) is 12.1. The summed E-state index contributed by atoms with van der Waals surface area (Å²) >= 11 is 0. The maximum atomic E-state index is 13.2. The van der Waals surface area contributed by atoms with E-state index in [1.807, 2.05) is 0 Å². The highest BCUT2D eigenvalue weighted by Crippen LogP contribution is 2.45. The van der Waals surface area contributed by atoms with E-state index in [0.29, 0.717) is 37.0 Å². The zero-order chi connectivity index (χ0) is 19.8. The standard InChI is InChI=1S/C18H24N2O6S/c1-3-17(21)19-10-11-8-13(5-7-16(11)26-2)27(24,25)20-12-4-6-15(20)14(9-12)18(22)23/h5,7-8,12,14-15H,3-4,6,9-10H2,1-2H3,(H,19,21)(H,22,23). The Hall–Kier alpha value is -2.13. The van der Waals surface area contributed by atoms with Crippen molar-refractivity contribution in [1.29, 1.82) is 0 Å². The Kier molecular flexibility index (Phi) is 5.43. The lowest BCUT2D eigenvalue weighted by Gasteiger charge is -2.23. The molecule has 0 radical (unpaired) electrons. The van der Waals surface area contributed by atoms with Gasteiger partial charge in [0.05, 0.1) is 17.9 Å². The van der Waals surface area contributed by atoms with Crippen molar-refractivity contribution >= 4 is 21.9 Å². The number of amides is 1. The Labute approximate surface area is 158 Å². The number of ether oxygens (including phenoxy) is 1. The van der Waals surface area contributed by atoms with E-state index in [0.717, 1.165) is 0 Å². The molecule has 1 amide bonds. The van der Waals surface area contributed by atoms with Gasteiger partial charge >= 0.3 is 5.97 Å². The lowest BCUT2D eigenvalue weighted by molar-refractivity contribution is -0.142. The van der Waals surface area contributed by atoms with Gasteiger partial charge in [0.2, 0.25) is 15.9 Å². The fourth-order valence-electron chi connectivity index (χ4n) is 4.07. The first-order valence-electron chi connectivity index (χ1n) is 8.99. The van der Waals surface area contributed by atoms with Crippen LogP contribution in [0.2, 0.25) is 0 Å². The molecule has 27 heavy (non-hydrogen) atoms. The predicted molar refractivity (Wildman–Crippen MR) is 96.7 cm³/mol. The molecule has 9 heteroatoms. The Morgan fingerprint density at radius 1 is 1.33 bits per heavy atom. The third-order valence-corrected chi connectivity index (χ3v) is 7.39. The number of rotatable bonds is 7. The van der Waals surface area contributed by atoms with E-state index in [9.17, 15) is 23.1 Å². The summed E-state index contributed by atoms with van der Waals surface area (Å²) < 4.78 is 33.1. The van der Waals surface area contributed by atoms with Gasteiger partial charge in [-0.25, -0.2) is 8.42 Å². The molecular weight excluding hydrogens is 372 g/mol. The molecule has 0 aliphatic carbocycles. The van der Waals surface area contributed by atoms with E-state index >= 15 is 0 Å². The SMILES string of the molecule is CCC(=O)NCc1cc(S(=O)(=O)N2C3CCC2C(C(=O)O)C3)ccc1OC. The smallest absolute Gasteiger partial charge is 0.308 e. The highest BCUT2D eigenvalue weighted by molar-refractivity contribution is 7.89. The minimum Gasteiger partial charge on any atom is -0.496 e. The normalized spacial score (nSPS) is 24.7. The maximum Gasteiger partial charge on any atom is 0.308 e. The average molecular weight is 396 g/mol. The first kappa shape index (κ1) is 19.6. The molecule has 3 unspecified atom stereocenters. The Balaban J connectivity index is 1.91. The molecule has 2 saturated heterocycles. The molecule has 2 heterocycles. The number of sulfonamides is 1. The zero-order valence-electron chi connectivity index (χ0n) is 15.3. The Morgan fingerprint density at radius 3 is 2.67 bits per heavy atom. The van der Waals surface area contributed by atoms with E-state index < -0.39 is 28.0 Å². The molecule has 0 saturated carbocycles. The lowest BCUT2D eigenvalue weighted by Crippen LogP contribution is -2.37. The van der Waals surface area contributed by atoms with Crippen molar-refractivity contribution in [3.8, 4) is 5.75 Å². The van der Waals surface area contributed by atoms with Crippen LogP contribution in [0.15, 0.2) is 23.1 Å². The second-order valence-corrected chi connectivity index (χ2v) is 8.76. The molecule has 3 rings (SSSR count). The second kappa shape index (κ2) is 7.47. The van der Waals surface area contributed by atoms with E-state index in [1.54, 1.807) is 13.0 Å². The number of carbonyl (C=O) groups is 2. The van der Waals surface area contributed by atoms with Gasteiger partial charge in [0.25, 0.3) is 0 Å². The molecule has 2 bridgehead atoms. The molecule has 2 N–H and O–H groups in total. The summed E-state index contributed by atoms with van der Waals surface area (Å²) in [4.78, 5) is 23.1. The molecule has 8 nitrogen and oxygen atoms in total.